The van der Waals surface area contributed by atoms with E-state index in [4.69, 9.17) is 0 Å². The molecule has 0 rings (SSSR count). The first-order valence-electron chi connectivity index (χ1n) is 2.70. The highest BCUT2D eigenvalue weighted by Gasteiger charge is 1.75. The summed E-state index contributed by atoms with van der Waals surface area (Å²) in [6.07, 6.45) is 2.78. The van der Waals surface area contributed by atoms with Gasteiger partial charge in [0.05, 0.1) is 0 Å². The van der Waals surface area contributed by atoms with Crippen LogP contribution in [0.15, 0.2) is 17.4 Å². The first-order chi connectivity index (χ1) is 3.81. The van der Waals surface area contributed by atoms with Gasteiger partial charge < -0.3 is 5.32 Å². The molecule has 0 bridgehead atoms. The van der Waals surface area contributed by atoms with Gasteiger partial charge in [0.25, 0.3) is 0 Å². The van der Waals surface area contributed by atoms with Crippen LogP contribution in [0.3, 0.4) is 0 Å². The fraction of sp³-hybridized carbons (Fsp3) is 0.500. The van der Waals surface area contributed by atoms with Gasteiger partial charge in [-0.15, -0.1) is 0 Å². The van der Waals surface area contributed by atoms with E-state index in [1.54, 1.807) is 7.05 Å². The van der Waals surface area contributed by atoms with Crippen molar-refractivity contribution in [1.29, 1.82) is 0 Å². The molecule has 0 spiro atoms. The van der Waals surface area contributed by atoms with E-state index in [0.717, 1.165) is 6.42 Å². The predicted octanol–water partition coefficient (Wildman–Crippen LogP) is 1.16. The Kier molecular flexibility index (Phi) is 3.94. The topological polar surface area (TPSA) is 24.4 Å². The molecule has 0 unspecified atom stereocenters. The Morgan fingerprint density at radius 1 is 1.88 bits per heavy atom. The molecule has 46 valence electrons. The van der Waals surface area contributed by atoms with Gasteiger partial charge in [0.2, 0.25) is 0 Å². The smallest absolute Gasteiger partial charge is 0.117 e. The van der Waals surface area contributed by atoms with Crippen LogP contribution in [0.4, 0.5) is 0 Å². The van der Waals surface area contributed by atoms with E-state index in [2.05, 4.69) is 16.9 Å². The molecule has 0 aliphatic carbocycles. The number of hydrogen-bond donors (Lipinski definition) is 1. The number of nitrogens with zero attached hydrogens (tertiary/aromatic N) is 1. The molecule has 0 heterocycles. The van der Waals surface area contributed by atoms with Gasteiger partial charge in [-0.1, -0.05) is 13.5 Å². The van der Waals surface area contributed by atoms with Crippen LogP contribution in [0, 0.1) is 0 Å². The van der Waals surface area contributed by atoms with Crippen LogP contribution in [0.25, 0.3) is 0 Å². The molecule has 0 aliphatic rings. The molecule has 0 aromatic heterocycles. The average Bonchev–Trinajstić information content (AvgIpc) is 1.83. The summed E-state index contributed by atoms with van der Waals surface area (Å²) in [5.74, 6) is 0.715. The second kappa shape index (κ2) is 4.37. The highest BCUT2D eigenvalue weighted by atomic mass is 15.0. The van der Waals surface area contributed by atoms with Gasteiger partial charge in [0.15, 0.2) is 0 Å². The normalized spacial score (nSPS) is 9.75. The number of hydrogen-bond acceptors (Lipinski definition) is 2. The molecule has 2 heteroatoms. The average molecular weight is 112 g/mol. The number of aliphatic imine (C=N–C) groups is 1. The molecule has 2 nitrogen and oxygen atoms in total. The van der Waals surface area contributed by atoms with E-state index >= 15 is 0 Å². The Labute approximate surface area is 50.3 Å². The zero-order valence-corrected chi connectivity index (χ0v) is 5.44. The predicted molar refractivity (Wildman–Crippen MR) is 37.0 cm³/mol. The van der Waals surface area contributed by atoms with Crippen LogP contribution in [0.1, 0.15) is 13.3 Å². The van der Waals surface area contributed by atoms with E-state index < -0.39 is 0 Å². The third kappa shape index (κ3) is 3.40. The highest BCUT2D eigenvalue weighted by Crippen LogP contribution is 1.81. The lowest BCUT2D eigenvalue weighted by Gasteiger charge is -1.92. The van der Waals surface area contributed by atoms with Gasteiger partial charge in [-0.2, -0.15) is 0 Å². The summed E-state index contributed by atoms with van der Waals surface area (Å²) in [5.41, 5.74) is 0. The van der Waals surface area contributed by atoms with E-state index in [-0.39, 0.29) is 0 Å². The van der Waals surface area contributed by atoms with E-state index in [1.807, 2.05) is 13.1 Å². The minimum Gasteiger partial charge on any atom is -0.374 e. The third-order valence-corrected chi connectivity index (χ3v) is 0.718. The molecule has 8 heavy (non-hydrogen) atoms. The van der Waals surface area contributed by atoms with Crippen molar-refractivity contribution in [3.8, 4) is 0 Å². The van der Waals surface area contributed by atoms with Crippen LogP contribution >= 0.6 is 0 Å². The molecule has 0 fully saturated rings. The summed E-state index contributed by atoms with van der Waals surface area (Å²) in [6.45, 7) is 5.64. The van der Waals surface area contributed by atoms with Crippen LogP contribution in [-0.4, -0.2) is 13.3 Å². The van der Waals surface area contributed by atoms with Crippen molar-refractivity contribution in [2.45, 2.75) is 13.3 Å². The molecule has 0 saturated carbocycles. The van der Waals surface area contributed by atoms with Crippen LogP contribution in [-0.2, 0) is 0 Å². The van der Waals surface area contributed by atoms with Crippen molar-refractivity contribution >= 4 is 6.21 Å². The monoisotopic (exact) mass is 112 g/mol. The molecule has 1 N–H and O–H groups in total. The van der Waals surface area contributed by atoms with E-state index in [9.17, 15) is 0 Å². The van der Waals surface area contributed by atoms with Gasteiger partial charge in [-0.3, -0.25) is 0 Å². The van der Waals surface area contributed by atoms with Crippen molar-refractivity contribution in [2.24, 2.45) is 4.99 Å². The zero-order valence-electron chi connectivity index (χ0n) is 5.44. The van der Waals surface area contributed by atoms with Gasteiger partial charge in [-0.25, -0.2) is 4.99 Å². The molecule has 0 radical (unpaired) electrons. The van der Waals surface area contributed by atoms with E-state index in [1.165, 1.54) is 0 Å². The summed E-state index contributed by atoms with van der Waals surface area (Å²) in [4.78, 5) is 3.93. The van der Waals surface area contributed by atoms with Crippen molar-refractivity contribution < 1.29 is 0 Å². The summed E-state index contributed by atoms with van der Waals surface area (Å²) in [7, 11) is 1.80. The lowest BCUT2D eigenvalue weighted by atomic mass is 10.5. The van der Waals surface area contributed by atoms with Crippen molar-refractivity contribution in [3.63, 3.8) is 0 Å². The van der Waals surface area contributed by atoms with Crippen molar-refractivity contribution in [2.75, 3.05) is 7.05 Å². The molecule has 0 saturated heterocycles. The number of rotatable bonds is 3. The van der Waals surface area contributed by atoms with Crippen molar-refractivity contribution in [1.82, 2.24) is 5.32 Å². The quantitative estimate of drug-likeness (QED) is 0.544. The molecule has 0 atom stereocenters. The molecular formula is C6H12N2. The van der Waals surface area contributed by atoms with Gasteiger partial charge in [0.1, 0.15) is 5.82 Å². The molecular weight excluding hydrogens is 100 g/mol. The summed E-state index contributed by atoms with van der Waals surface area (Å²) < 4.78 is 0. The maximum Gasteiger partial charge on any atom is 0.117 e. The van der Waals surface area contributed by atoms with Gasteiger partial charge in [-0.05, 0) is 6.42 Å². The van der Waals surface area contributed by atoms with Crippen molar-refractivity contribution in [3.05, 3.63) is 12.4 Å². The lowest BCUT2D eigenvalue weighted by Crippen LogP contribution is -2.00. The molecule has 0 amide bonds. The minimum absolute atomic E-state index is 0.715. The largest absolute Gasteiger partial charge is 0.374 e. The number of nitrogens with one attached hydrogen (secondary N) is 1. The molecule has 0 aromatic rings. The SMILES string of the molecule is C=C(N=CCC)NC. The molecule has 0 aliphatic heterocycles. The summed E-state index contributed by atoms with van der Waals surface area (Å²) >= 11 is 0. The highest BCUT2D eigenvalue weighted by molar-refractivity contribution is 5.57. The first kappa shape index (κ1) is 7.21. The summed E-state index contributed by atoms with van der Waals surface area (Å²) in [6, 6.07) is 0. The standard InChI is InChI=1S/C6H12N2/c1-4-5-8-6(2)7-3/h5,7H,2,4H2,1,3H3. The van der Waals surface area contributed by atoms with Crippen LogP contribution < -0.4 is 5.32 Å². The van der Waals surface area contributed by atoms with Crippen LogP contribution in [0.5, 0.6) is 0 Å². The second-order valence-corrected chi connectivity index (χ2v) is 1.42. The lowest BCUT2D eigenvalue weighted by molar-refractivity contribution is 0.973. The second-order valence-electron chi connectivity index (χ2n) is 1.42. The minimum atomic E-state index is 0.715. The van der Waals surface area contributed by atoms with Gasteiger partial charge >= 0.3 is 0 Å². The van der Waals surface area contributed by atoms with Gasteiger partial charge in [0, 0.05) is 13.3 Å². The maximum absolute atomic E-state index is 3.93. The first-order valence-corrected chi connectivity index (χ1v) is 2.70. The van der Waals surface area contributed by atoms with E-state index in [0.29, 0.717) is 5.82 Å². The summed E-state index contributed by atoms with van der Waals surface area (Å²) in [5, 5.41) is 2.81. The fourth-order valence-electron chi connectivity index (χ4n) is 0.266. The Hall–Kier alpha value is -0.790. The Morgan fingerprint density at radius 3 is 2.88 bits per heavy atom. The van der Waals surface area contributed by atoms with Crippen LogP contribution in [0.2, 0.25) is 0 Å². The maximum atomic E-state index is 3.93. The molecule has 0 aromatic carbocycles. The Morgan fingerprint density at radius 2 is 2.50 bits per heavy atom. The Bertz CT molecular complexity index is 94.7. The zero-order chi connectivity index (χ0) is 6.41. The third-order valence-electron chi connectivity index (χ3n) is 0.718. The Balaban J connectivity index is 3.37. The fourth-order valence-corrected chi connectivity index (χ4v) is 0.266.